The van der Waals surface area contributed by atoms with Crippen molar-refractivity contribution in [2.24, 2.45) is 0 Å². The second kappa shape index (κ2) is 10.5. The summed E-state index contributed by atoms with van der Waals surface area (Å²) in [6.07, 6.45) is 2.92. The number of carbonyl (C=O) groups excluding carboxylic acids is 1. The lowest BCUT2D eigenvalue weighted by Gasteiger charge is -2.10. The van der Waals surface area contributed by atoms with E-state index in [1.807, 2.05) is 0 Å². The predicted octanol–water partition coefficient (Wildman–Crippen LogP) is 2.63. The minimum Gasteiger partial charge on any atom is -0.493 e. The van der Waals surface area contributed by atoms with Crippen molar-refractivity contribution in [1.82, 2.24) is 20.8 Å². The van der Waals surface area contributed by atoms with E-state index in [1.165, 1.54) is 14.2 Å². The van der Waals surface area contributed by atoms with Crippen LogP contribution in [0.1, 0.15) is 25.2 Å². The topological polar surface area (TPSA) is 98.5 Å². The first-order valence-corrected chi connectivity index (χ1v) is 9.23. The zero-order chi connectivity index (χ0) is 19.2. The van der Waals surface area contributed by atoms with Crippen LogP contribution in [0.2, 0.25) is 5.02 Å². The molecule has 2 heterocycles. The van der Waals surface area contributed by atoms with Gasteiger partial charge in [0.05, 0.1) is 19.2 Å². The van der Waals surface area contributed by atoms with E-state index < -0.39 is 0 Å². The third-order valence-corrected chi connectivity index (χ3v) is 4.71. The third-order valence-electron chi connectivity index (χ3n) is 4.43. The maximum atomic E-state index is 12.0. The van der Waals surface area contributed by atoms with E-state index in [2.05, 4.69) is 20.8 Å². The van der Waals surface area contributed by atoms with Crippen LogP contribution < -0.4 is 20.1 Å². The largest absolute Gasteiger partial charge is 0.493 e. The van der Waals surface area contributed by atoms with E-state index >= 15 is 0 Å². The van der Waals surface area contributed by atoms with E-state index in [0.717, 1.165) is 19.4 Å². The number of ether oxygens (including phenoxy) is 2. The Bertz CT molecular complexity index is 794. The summed E-state index contributed by atoms with van der Waals surface area (Å²) in [5.74, 6) is 1.66. The fourth-order valence-corrected chi connectivity index (χ4v) is 3.29. The number of hydrogen-bond acceptors (Lipinski definition) is 7. The standard InChI is InChI=1S/C18H23ClN4O4.ClH/c1-25-14-9-11(8-13(19)17(14)26-2)18-22-16(27-23-18)6-5-15(24)21-10-12-4-3-7-20-12;/h8-9,12,20H,3-7,10H2,1-2H3,(H,21,24);1H. The molecule has 1 aromatic heterocycles. The molecular formula is C18H24Cl2N4O4. The lowest BCUT2D eigenvalue weighted by atomic mass is 10.2. The summed E-state index contributed by atoms with van der Waals surface area (Å²) in [5.41, 5.74) is 0.643. The first-order valence-electron chi connectivity index (χ1n) is 8.85. The van der Waals surface area contributed by atoms with E-state index in [9.17, 15) is 4.79 Å². The molecule has 1 saturated heterocycles. The van der Waals surface area contributed by atoms with Crippen molar-refractivity contribution in [1.29, 1.82) is 0 Å². The molecule has 1 fully saturated rings. The van der Waals surface area contributed by atoms with Crippen LogP contribution in [0.5, 0.6) is 11.5 Å². The number of hydrogen-bond donors (Lipinski definition) is 2. The second-order valence-corrected chi connectivity index (χ2v) is 6.71. The summed E-state index contributed by atoms with van der Waals surface area (Å²) in [5, 5.41) is 10.6. The van der Waals surface area contributed by atoms with Crippen LogP contribution in [0.4, 0.5) is 0 Å². The monoisotopic (exact) mass is 430 g/mol. The van der Waals surface area contributed by atoms with E-state index in [-0.39, 0.29) is 18.3 Å². The summed E-state index contributed by atoms with van der Waals surface area (Å²) < 4.78 is 15.7. The second-order valence-electron chi connectivity index (χ2n) is 6.30. The van der Waals surface area contributed by atoms with Crippen LogP contribution in [0, 0.1) is 0 Å². The van der Waals surface area contributed by atoms with Crippen LogP contribution in [-0.2, 0) is 11.2 Å². The molecule has 0 radical (unpaired) electrons. The Kier molecular flexibility index (Phi) is 8.35. The number of benzene rings is 1. The minimum atomic E-state index is -0.0300. The molecule has 1 unspecified atom stereocenters. The van der Waals surface area contributed by atoms with Gasteiger partial charge in [0.1, 0.15) is 0 Å². The Hall–Kier alpha value is -2.03. The highest BCUT2D eigenvalue weighted by Crippen LogP contribution is 2.38. The Balaban J connectivity index is 0.00000280. The van der Waals surface area contributed by atoms with Gasteiger partial charge in [-0.15, -0.1) is 12.4 Å². The Morgan fingerprint density at radius 1 is 1.39 bits per heavy atom. The average Bonchev–Trinajstić information content (AvgIpc) is 3.35. The van der Waals surface area contributed by atoms with E-state index in [0.29, 0.717) is 59.2 Å². The number of amides is 1. The van der Waals surface area contributed by atoms with Crippen LogP contribution >= 0.6 is 24.0 Å². The van der Waals surface area contributed by atoms with Gasteiger partial charge < -0.3 is 24.6 Å². The molecule has 1 aliphatic rings. The Morgan fingerprint density at radius 2 is 2.21 bits per heavy atom. The van der Waals surface area contributed by atoms with Gasteiger partial charge >= 0.3 is 0 Å². The van der Waals surface area contributed by atoms with Crippen molar-refractivity contribution >= 4 is 29.9 Å². The van der Waals surface area contributed by atoms with Gasteiger partial charge in [-0.25, -0.2) is 0 Å². The van der Waals surface area contributed by atoms with Gasteiger partial charge in [-0.2, -0.15) is 4.98 Å². The molecule has 8 nitrogen and oxygen atoms in total. The molecule has 3 rings (SSSR count). The first kappa shape index (κ1) is 22.3. The molecule has 0 aliphatic carbocycles. The molecule has 1 aliphatic heterocycles. The van der Waals surface area contributed by atoms with Crippen molar-refractivity contribution in [3.05, 3.63) is 23.0 Å². The summed E-state index contributed by atoms with van der Waals surface area (Å²) >= 11 is 6.21. The first-order chi connectivity index (χ1) is 13.1. The van der Waals surface area contributed by atoms with Crippen molar-refractivity contribution in [3.63, 3.8) is 0 Å². The SMILES string of the molecule is COc1cc(-c2noc(CCC(=O)NCC3CCCN3)n2)cc(Cl)c1OC.Cl. The molecule has 28 heavy (non-hydrogen) atoms. The molecular weight excluding hydrogens is 407 g/mol. The van der Waals surface area contributed by atoms with Gasteiger partial charge in [0.2, 0.25) is 17.6 Å². The maximum Gasteiger partial charge on any atom is 0.227 e. The highest BCUT2D eigenvalue weighted by atomic mass is 35.5. The average molecular weight is 431 g/mol. The van der Waals surface area contributed by atoms with Crippen molar-refractivity contribution in [2.45, 2.75) is 31.7 Å². The predicted molar refractivity (Wildman–Crippen MR) is 107 cm³/mol. The van der Waals surface area contributed by atoms with E-state index in [1.54, 1.807) is 12.1 Å². The quantitative estimate of drug-likeness (QED) is 0.663. The van der Waals surface area contributed by atoms with Crippen molar-refractivity contribution in [3.8, 4) is 22.9 Å². The molecule has 0 spiro atoms. The number of methoxy groups -OCH3 is 2. The fourth-order valence-electron chi connectivity index (χ4n) is 3.00. The molecule has 1 aromatic carbocycles. The third kappa shape index (κ3) is 5.50. The van der Waals surface area contributed by atoms with Crippen LogP contribution in [0.15, 0.2) is 16.7 Å². The maximum absolute atomic E-state index is 12.0. The molecule has 154 valence electrons. The molecule has 1 atom stereocenters. The van der Waals surface area contributed by atoms with Crippen molar-refractivity contribution < 1.29 is 18.8 Å². The number of nitrogens with one attached hydrogen (secondary N) is 2. The fraction of sp³-hybridized carbons (Fsp3) is 0.500. The highest BCUT2D eigenvalue weighted by molar-refractivity contribution is 6.32. The lowest BCUT2D eigenvalue weighted by molar-refractivity contribution is -0.121. The van der Waals surface area contributed by atoms with Gasteiger partial charge in [0.25, 0.3) is 0 Å². The van der Waals surface area contributed by atoms with Gasteiger partial charge in [-0.3, -0.25) is 4.79 Å². The molecule has 0 bridgehead atoms. The normalized spacial score (nSPS) is 15.8. The molecule has 0 saturated carbocycles. The van der Waals surface area contributed by atoms with Crippen LogP contribution in [0.3, 0.4) is 0 Å². The number of aromatic nitrogens is 2. The van der Waals surface area contributed by atoms with Gasteiger partial charge in [-0.05, 0) is 31.5 Å². The Morgan fingerprint density at radius 3 is 2.89 bits per heavy atom. The zero-order valence-electron chi connectivity index (χ0n) is 15.8. The Labute approximate surface area is 174 Å². The summed E-state index contributed by atoms with van der Waals surface area (Å²) in [6.45, 7) is 1.67. The van der Waals surface area contributed by atoms with Gasteiger partial charge in [-0.1, -0.05) is 16.8 Å². The lowest BCUT2D eigenvalue weighted by Crippen LogP contribution is -2.37. The van der Waals surface area contributed by atoms with Crippen LogP contribution in [0.25, 0.3) is 11.4 Å². The van der Waals surface area contributed by atoms with Gasteiger partial charge in [0.15, 0.2) is 11.5 Å². The number of nitrogens with zero attached hydrogens (tertiary/aromatic N) is 2. The van der Waals surface area contributed by atoms with Gasteiger partial charge in [0, 0.05) is 31.0 Å². The molecule has 2 N–H and O–H groups in total. The molecule has 10 heteroatoms. The summed E-state index contributed by atoms with van der Waals surface area (Å²) in [4.78, 5) is 16.3. The number of aryl methyl sites for hydroxylation is 1. The summed E-state index contributed by atoms with van der Waals surface area (Å²) in [7, 11) is 3.04. The smallest absolute Gasteiger partial charge is 0.227 e. The molecule has 2 aromatic rings. The molecule has 1 amide bonds. The zero-order valence-corrected chi connectivity index (χ0v) is 17.4. The number of rotatable bonds is 8. The van der Waals surface area contributed by atoms with Crippen LogP contribution in [-0.4, -0.2) is 49.4 Å². The van der Waals surface area contributed by atoms with Crippen molar-refractivity contribution in [2.75, 3.05) is 27.3 Å². The number of carbonyl (C=O) groups is 1. The summed E-state index contributed by atoms with van der Waals surface area (Å²) in [6, 6.07) is 3.78. The van der Waals surface area contributed by atoms with E-state index in [4.69, 9.17) is 25.6 Å². The minimum absolute atomic E-state index is 0. The highest BCUT2D eigenvalue weighted by Gasteiger charge is 2.17. The number of halogens is 2.